The molecule has 3 aromatic heterocycles. The van der Waals surface area contributed by atoms with E-state index in [9.17, 15) is 9.59 Å². The molecule has 9 heteroatoms. The summed E-state index contributed by atoms with van der Waals surface area (Å²) in [6, 6.07) is 1.60. The predicted molar refractivity (Wildman–Crippen MR) is 90.9 cm³/mol. The molecule has 0 bridgehead atoms. The average molecular weight is 365 g/mol. The molecule has 124 valence electrons. The monoisotopic (exact) mass is 364 g/mol. The topological polar surface area (TPSA) is 88.6 Å². The van der Waals surface area contributed by atoms with Crippen molar-refractivity contribution in [3.05, 3.63) is 51.7 Å². The summed E-state index contributed by atoms with van der Waals surface area (Å²) in [6.45, 7) is 3.42. The summed E-state index contributed by atoms with van der Waals surface area (Å²) in [5.41, 5.74) is 5.59. The maximum absolute atomic E-state index is 12.0. The average Bonchev–Trinajstić information content (AvgIpc) is 3.18. The van der Waals surface area contributed by atoms with Crippen molar-refractivity contribution in [2.75, 3.05) is 0 Å². The smallest absolute Gasteiger partial charge is 0.273 e. The Balaban J connectivity index is 1.63. The summed E-state index contributed by atoms with van der Waals surface area (Å²) in [5.74, 6) is 0.163. The Kier molecular flexibility index (Phi) is 4.41. The van der Waals surface area contributed by atoms with Crippen molar-refractivity contribution in [2.45, 2.75) is 13.8 Å². The first-order valence-electron chi connectivity index (χ1n) is 6.92. The van der Waals surface area contributed by atoms with Crippen LogP contribution in [-0.2, 0) is 4.79 Å². The Labute approximate surface area is 145 Å². The van der Waals surface area contributed by atoms with Crippen LogP contribution in [0, 0.1) is 13.8 Å². The van der Waals surface area contributed by atoms with E-state index >= 15 is 0 Å². The first kappa shape index (κ1) is 16.3. The number of nitrogens with zero attached hydrogens (tertiary/aromatic N) is 2. The maximum atomic E-state index is 12.0. The first-order chi connectivity index (χ1) is 11.5. The van der Waals surface area contributed by atoms with Crippen LogP contribution in [0.15, 0.2) is 28.1 Å². The summed E-state index contributed by atoms with van der Waals surface area (Å²) < 4.78 is 7.05. The molecule has 2 N–H and O–H groups in total. The molecule has 24 heavy (non-hydrogen) atoms. The number of aromatic nitrogens is 2. The van der Waals surface area contributed by atoms with Crippen molar-refractivity contribution in [1.82, 2.24) is 20.2 Å². The van der Waals surface area contributed by atoms with Gasteiger partial charge >= 0.3 is 0 Å². The van der Waals surface area contributed by atoms with Crippen LogP contribution in [0.1, 0.15) is 27.6 Å². The second-order valence-corrected chi connectivity index (χ2v) is 6.18. The highest BCUT2D eigenvalue weighted by Crippen LogP contribution is 2.22. The van der Waals surface area contributed by atoms with Crippen molar-refractivity contribution in [3.63, 3.8) is 0 Å². The number of hydrogen-bond donors (Lipinski definition) is 2. The first-order valence-corrected chi connectivity index (χ1v) is 8.18. The second-order valence-electron chi connectivity index (χ2n) is 4.95. The molecule has 7 nitrogen and oxygen atoms in total. The molecule has 0 fully saturated rings. The number of hydrogen-bond acceptors (Lipinski definition) is 5. The van der Waals surface area contributed by atoms with E-state index in [1.165, 1.54) is 23.5 Å². The molecule has 0 saturated heterocycles. The quantitative estimate of drug-likeness (QED) is 0.552. The lowest BCUT2D eigenvalue weighted by Gasteiger charge is -2.03. The van der Waals surface area contributed by atoms with E-state index in [1.54, 1.807) is 24.3 Å². The van der Waals surface area contributed by atoms with E-state index in [0.29, 0.717) is 27.9 Å². The zero-order chi connectivity index (χ0) is 17.3. The fourth-order valence-corrected chi connectivity index (χ4v) is 3.17. The minimum Gasteiger partial charge on any atom is -0.466 e. The van der Waals surface area contributed by atoms with Crippen LogP contribution in [-0.4, -0.2) is 21.2 Å². The highest BCUT2D eigenvalue weighted by Gasteiger charge is 2.14. The molecule has 0 unspecified atom stereocenters. The number of hydrazine groups is 1. The van der Waals surface area contributed by atoms with E-state index in [0.717, 1.165) is 4.96 Å². The Morgan fingerprint density at radius 3 is 2.88 bits per heavy atom. The molecule has 0 aliphatic heterocycles. The standard InChI is InChI=1S/C15H13ClN4O3S/c1-8-7-10(9(2)23-8)14(22)19-18-12(21)4-3-11-13(16)17-15-20(11)5-6-24-15/h3-7H,1-2H3,(H,18,21)(H,19,22)/b4-3+. The number of thiazole rings is 1. The zero-order valence-corrected chi connectivity index (χ0v) is 14.4. The molecule has 0 aliphatic rings. The van der Waals surface area contributed by atoms with Crippen LogP contribution in [0.2, 0.25) is 5.15 Å². The van der Waals surface area contributed by atoms with Gasteiger partial charge in [0, 0.05) is 17.7 Å². The van der Waals surface area contributed by atoms with Gasteiger partial charge in [-0.15, -0.1) is 11.3 Å². The van der Waals surface area contributed by atoms with Crippen molar-refractivity contribution in [2.24, 2.45) is 0 Å². The molecule has 2 amide bonds. The van der Waals surface area contributed by atoms with E-state index in [2.05, 4.69) is 15.8 Å². The summed E-state index contributed by atoms with van der Waals surface area (Å²) in [7, 11) is 0. The van der Waals surface area contributed by atoms with Crippen LogP contribution in [0.4, 0.5) is 0 Å². The van der Waals surface area contributed by atoms with E-state index in [-0.39, 0.29) is 0 Å². The van der Waals surface area contributed by atoms with Crippen molar-refractivity contribution >= 4 is 45.8 Å². The number of imidazole rings is 1. The maximum Gasteiger partial charge on any atom is 0.273 e. The summed E-state index contributed by atoms with van der Waals surface area (Å²) in [6.07, 6.45) is 4.60. The van der Waals surface area contributed by atoms with Gasteiger partial charge in [0.25, 0.3) is 11.8 Å². The molecular weight excluding hydrogens is 352 g/mol. The number of aryl methyl sites for hydroxylation is 2. The van der Waals surface area contributed by atoms with Gasteiger partial charge in [0.2, 0.25) is 0 Å². The predicted octanol–water partition coefficient (Wildman–Crippen LogP) is 2.73. The minimum absolute atomic E-state index is 0.305. The van der Waals surface area contributed by atoms with Gasteiger partial charge in [0.1, 0.15) is 11.5 Å². The van der Waals surface area contributed by atoms with Crippen LogP contribution in [0.3, 0.4) is 0 Å². The number of nitrogens with one attached hydrogen (secondary N) is 2. The van der Waals surface area contributed by atoms with Gasteiger partial charge in [-0.05, 0) is 26.0 Å². The fraction of sp³-hybridized carbons (Fsp3) is 0.133. The van der Waals surface area contributed by atoms with Crippen LogP contribution >= 0.6 is 22.9 Å². The fourth-order valence-electron chi connectivity index (χ4n) is 2.16. The van der Waals surface area contributed by atoms with Crippen LogP contribution in [0.25, 0.3) is 11.0 Å². The van der Waals surface area contributed by atoms with E-state index in [4.69, 9.17) is 16.0 Å². The molecule has 0 spiro atoms. The Morgan fingerprint density at radius 2 is 2.17 bits per heavy atom. The molecule has 0 saturated carbocycles. The van der Waals surface area contributed by atoms with E-state index < -0.39 is 11.8 Å². The highest BCUT2D eigenvalue weighted by atomic mass is 35.5. The largest absolute Gasteiger partial charge is 0.466 e. The lowest BCUT2D eigenvalue weighted by Crippen LogP contribution is -2.40. The van der Waals surface area contributed by atoms with Crippen molar-refractivity contribution < 1.29 is 14.0 Å². The zero-order valence-electron chi connectivity index (χ0n) is 12.8. The van der Waals surface area contributed by atoms with Crippen molar-refractivity contribution in [3.8, 4) is 0 Å². The molecule has 0 radical (unpaired) electrons. The van der Waals surface area contributed by atoms with Crippen LogP contribution < -0.4 is 10.9 Å². The number of furan rings is 1. The molecule has 0 aromatic carbocycles. The number of halogens is 1. The van der Waals surface area contributed by atoms with Gasteiger partial charge in [-0.3, -0.25) is 24.8 Å². The summed E-state index contributed by atoms with van der Waals surface area (Å²) >= 11 is 7.47. The highest BCUT2D eigenvalue weighted by molar-refractivity contribution is 7.15. The molecule has 0 aliphatic carbocycles. The van der Waals surface area contributed by atoms with Gasteiger partial charge in [-0.25, -0.2) is 4.98 Å². The van der Waals surface area contributed by atoms with Gasteiger partial charge in [-0.2, -0.15) is 0 Å². The number of carbonyl (C=O) groups is 2. The number of carbonyl (C=O) groups excluding carboxylic acids is 2. The van der Waals surface area contributed by atoms with Crippen molar-refractivity contribution in [1.29, 1.82) is 0 Å². The number of amides is 2. The second kappa shape index (κ2) is 6.50. The van der Waals surface area contributed by atoms with Gasteiger partial charge < -0.3 is 4.42 Å². The third kappa shape index (κ3) is 3.19. The molecular formula is C15H13ClN4O3S. The van der Waals surface area contributed by atoms with Gasteiger partial charge in [0.15, 0.2) is 10.1 Å². The van der Waals surface area contributed by atoms with Gasteiger partial charge in [0.05, 0.1) is 11.3 Å². The molecule has 0 atom stereocenters. The van der Waals surface area contributed by atoms with Gasteiger partial charge in [-0.1, -0.05) is 11.6 Å². The third-order valence-electron chi connectivity index (χ3n) is 3.23. The molecule has 3 aromatic rings. The minimum atomic E-state index is -0.498. The summed E-state index contributed by atoms with van der Waals surface area (Å²) in [4.78, 5) is 28.7. The Bertz CT molecular complexity index is 953. The third-order valence-corrected chi connectivity index (χ3v) is 4.27. The Morgan fingerprint density at radius 1 is 1.38 bits per heavy atom. The van der Waals surface area contributed by atoms with Crippen LogP contribution in [0.5, 0.6) is 0 Å². The Hall–Kier alpha value is -2.58. The number of fused-ring (bicyclic) bond motifs is 1. The number of rotatable bonds is 3. The molecule has 3 rings (SSSR count). The van der Waals surface area contributed by atoms with E-state index in [1.807, 2.05) is 11.6 Å². The lowest BCUT2D eigenvalue weighted by molar-refractivity contribution is -0.117. The summed E-state index contributed by atoms with van der Waals surface area (Å²) in [5, 5.41) is 2.17. The SMILES string of the molecule is Cc1cc(C(=O)NNC(=O)/C=C/c2c(Cl)nc3sccn23)c(C)o1. The normalized spacial score (nSPS) is 11.3. The lowest BCUT2D eigenvalue weighted by atomic mass is 10.2. The molecule has 3 heterocycles.